The normalized spacial score (nSPS) is 14.8. The minimum absolute atomic E-state index is 0.453. The van der Waals surface area contributed by atoms with Crippen LogP contribution in [0.3, 0.4) is 0 Å². The van der Waals surface area contributed by atoms with Crippen LogP contribution in [0, 0.1) is 19.8 Å². The highest BCUT2D eigenvalue weighted by molar-refractivity contribution is 7.80. The van der Waals surface area contributed by atoms with Crippen LogP contribution in [0.4, 0.5) is 5.69 Å². The van der Waals surface area contributed by atoms with Crippen LogP contribution in [-0.2, 0) is 0 Å². The Morgan fingerprint density at radius 1 is 1.47 bits per heavy atom. The smallest absolute Gasteiger partial charge is 0.107 e. The van der Waals surface area contributed by atoms with E-state index in [-0.39, 0.29) is 0 Å². The van der Waals surface area contributed by atoms with E-state index < -0.39 is 0 Å². The molecule has 1 aliphatic rings. The summed E-state index contributed by atoms with van der Waals surface area (Å²) in [5.74, 6) is 0.619. The van der Waals surface area contributed by atoms with Crippen molar-refractivity contribution >= 4 is 22.9 Å². The molecule has 19 heavy (non-hydrogen) atoms. The Hall–Kier alpha value is -1.16. The van der Waals surface area contributed by atoms with E-state index in [2.05, 4.69) is 29.8 Å². The van der Waals surface area contributed by atoms with Gasteiger partial charge in [0.25, 0.3) is 0 Å². The minimum atomic E-state index is 0.453. The third-order valence-electron chi connectivity index (χ3n) is 3.41. The molecule has 0 aliphatic heterocycles. The Balaban J connectivity index is 2.48. The number of rotatable bonds is 5. The maximum absolute atomic E-state index is 5.92. The van der Waals surface area contributed by atoms with Crippen LogP contribution in [0.2, 0.25) is 0 Å². The van der Waals surface area contributed by atoms with Crippen molar-refractivity contribution in [1.29, 1.82) is 0 Å². The number of hydrogen-bond acceptors (Lipinski definition) is 3. The van der Waals surface area contributed by atoms with Crippen molar-refractivity contribution in [2.24, 2.45) is 11.7 Å². The maximum atomic E-state index is 5.92. The molecule has 0 unspecified atom stereocenters. The topological polar surface area (TPSA) is 42.1 Å². The highest BCUT2D eigenvalue weighted by atomic mass is 32.1. The first-order chi connectivity index (χ1) is 8.90. The van der Waals surface area contributed by atoms with Gasteiger partial charge in [0.2, 0.25) is 0 Å². The van der Waals surface area contributed by atoms with Crippen LogP contribution in [0.25, 0.3) is 0 Å². The zero-order valence-corrected chi connectivity index (χ0v) is 13.0. The monoisotopic (exact) mass is 277 g/mol. The van der Waals surface area contributed by atoms with E-state index in [9.17, 15) is 0 Å². The van der Waals surface area contributed by atoms with Gasteiger partial charge >= 0.3 is 0 Å². The van der Waals surface area contributed by atoms with E-state index in [0.717, 1.165) is 23.5 Å². The van der Waals surface area contributed by atoms with Crippen LogP contribution in [0.15, 0.2) is 6.07 Å². The maximum Gasteiger partial charge on any atom is 0.107 e. The highest BCUT2D eigenvalue weighted by Gasteiger charge is 2.31. The molecule has 0 amide bonds. The fourth-order valence-corrected chi connectivity index (χ4v) is 2.82. The molecular weight excluding hydrogens is 254 g/mol. The third-order valence-corrected chi connectivity index (χ3v) is 3.62. The van der Waals surface area contributed by atoms with Crippen LogP contribution < -0.4 is 10.6 Å². The van der Waals surface area contributed by atoms with Gasteiger partial charge in [-0.15, -0.1) is 0 Å². The summed E-state index contributed by atoms with van der Waals surface area (Å²) in [6, 6.07) is 2.78. The van der Waals surface area contributed by atoms with Gasteiger partial charge in [0.1, 0.15) is 4.99 Å². The Bertz CT molecular complexity index is 492. The van der Waals surface area contributed by atoms with Crippen molar-refractivity contribution < 1.29 is 0 Å². The van der Waals surface area contributed by atoms with Crippen molar-refractivity contribution in [1.82, 2.24) is 4.98 Å². The highest BCUT2D eigenvalue weighted by Crippen LogP contribution is 2.35. The van der Waals surface area contributed by atoms with Crippen molar-refractivity contribution in [3.8, 4) is 0 Å². The molecule has 0 saturated heterocycles. The number of aryl methyl sites for hydroxylation is 2. The number of pyridine rings is 1. The van der Waals surface area contributed by atoms with Crippen molar-refractivity contribution in [2.75, 3.05) is 11.4 Å². The summed E-state index contributed by atoms with van der Waals surface area (Å²) >= 11 is 5.23. The molecule has 1 aromatic heterocycles. The summed E-state index contributed by atoms with van der Waals surface area (Å²) in [7, 11) is 0. The average Bonchev–Trinajstić information content (AvgIpc) is 3.07. The van der Waals surface area contributed by atoms with Crippen molar-refractivity contribution in [3.63, 3.8) is 0 Å². The molecule has 1 aromatic rings. The SMILES string of the molecule is Cc1cc(N(CC(C)C)C2CC2)c(C(N)=S)c(C)n1. The molecule has 0 atom stereocenters. The van der Waals surface area contributed by atoms with E-state index in [1.807, 2.05) is 13.8 Å². The Labute approximate surface area is 121 Å². The van der Waals surface area contributed by atoms with E-state index in [4.69, 9.17) is 18.0 Å². The van der Waals surface area contributed by atoms with Gasteiger partial charge in [-0.05, 0) is 38.7 Å². The van der Waals surface area contributed by atoms with E-state index >= 15 is 0 Å². The first kappa shape index (κ1) is 14.3. The first-order valence-electron chi connectivity index (χ1n) is 6.94. The molecule has 1 aliphatic carbocycles. The molecule has 1 heterocycles. The standard InChI is InChI=1S/C15H23N3S/c1-9(2)8-18(12-5-6-12)13-7-10(3)17-11(4)14(13)15(16)19/h7,9,12H,5-6,8H2,1-4H3,(H2,16,19). The number of aromatic nitrogens is 1. The summed E-state index contributed by atoms with van der Waals surface area (Å²) in [6.45, 7) is 9.56. The molecule has 1 fully saturated rings. The molecule has 0 spiro atoms. The lowest BCUT2D eigenvalue weighted by molar-refractivity contribution is 0.606. The second-order valence-corrected chi connectivity index (χ2v) is 6.32. The molecule has 1 saturated carbocycles. The first-order valence-corrected chi connectivity index (χ1v) is 7.35. The van der Waals surface area contributed by atoms with Gasteiger partial charge in [0.05, 0.1) is 11.3 Å². The molecule has 3 nitrogen and oxygen atoms in total. The molecule has 2 rings (SSSR count). The molecule has 0 aromatic carbocycles. The van der Waals surface area contributed by atoms with E-state index in [1.165, 1.54) is 18.5 Å². The van der Waals surface area contributed by atoms with Gasteiger partial charge < -0.3 is 10.6 Å². The average molecular weight is 277 g/mol. The largest absolute Gasteiger partial charge is 0.389 e. The molecule has 2 N–H and O–H groups in total. The zero-order chi connectivity index (χ0) is 14.2. The Kier molecular flexibility index (Phi) is 4.09. The van der Waals surface area contributed by atoms with Gasteiger partial charge in [-0.25, -0.2) is 0 Å². The predicted molar refractivity (Wildman–Crippen MR) is 84.8 cm³/mol. The van der Waals surface area contributed by atoms with Crippen LogP contribution in [-0.4, -0.2) is 22.6 Å². The summed E-state index contributed by atoms with van der Waals surface area (Å²) in [4.78, 5) is 7.43. The van der Waals surface area contributed by atoms with Gasteiger partial charge in [-0.1, -0.05) is 26.1 Å². The molecule has 4 heteroatoms. The number of hydrogen-bond donors (Lipinski definition) is 1. The van der Waals surface area contributed by atoms with Crippen molar-refractivity contribution in [3.05, 3.63) is 23.0 Å². The van der Waals surface area contributed by atoms with Crippen LogP contribution in [0.1, 0.15) is 43.6 Å². The summed E-state index contributed by atoms with van der Waals surface area (Å²) in [5, 5.41) is 0. The fourth-order valence-electron chi connectivity index (χ4n) is 2.56. The van der Waals surface area contributed by atoms with Gasteiger partial charge in [-0.2, -0.15) is 0 Å². The zero-order valence-electron chi connectivity index (χ0n) is 12.2. The molecule has 0 radical (unpaired) electrons. The molecule has 0 bridgehead atoms. The Morgan fingerprint density at radius 3 is 2.58 bits per heavy atom. The predicted octanol–water partition coefficient (Wildman–Crippen LogP) is 2.96. The quantitative estimate of drug-likeness (QED) is 0.840. The summed E-state index contributed by atoms with van der Waals surface area (Å²) < 4.78 is 0. The van der Waals surface area contributed by atoms with Gasteiger partial charge in [0.15, 0.2) is 0 Å². The van der Waals surface area contributed by atoms with Gasteiger partial charge in [-0.3, -0.25) is 4.98 Å². The molecule has 104 valence electrons. The van der Waals surface area contributed by atoms with E-state index in [0.29, 0.717) is 16.9 Å². The number of anilines is 1. The van der Waals surface area contributed by atoms with Gasteiger partial charge in [0, 0.05) is 24.0 Å². The number of nitrogens with two attached hydrogens (primary N) is 1. The van der Waals surface area contributed by atoms with Crippen LogP contribution in [0.5, 0.6) is 0 Å². The lowest BCUT2D eigenvalue weighted by Crippen LogP contribution is -2.32. The lowest BCUT2D eigenvalue weighted by Gasteiger charge is -2.29. The Morgan fingerprint density at radius 2 is 2.11 bits per heavy atom. The summed E-state index contributed by atoms with van der Waals surface area (Å²) in [5.41, 5.74) is 10.0. The van der Waals surface area contributed by atoms with Crippen LogP contribution >= 0.6 is 12.2 Å². The minimum Gasteiger partial charge on any atom is -0.389 e. The summed E-state index contributed by atoms with van der Waals surface area (Å²) in [6.07, 6.45) is 2.54. The number of thiocarbonyl (C=S) groups is 1. The van der Waals surface area contributed by atoms with E-state index in [1.54, 1.807) is 0 Å². The lowest BCUT2D eigenvalue weighted by atomic mass is 10.1. The second-order valence-electron chi connectivity index (χ2n) is 5.88. The third kappa shape index (κ3) is 3.24. The number of nitrogens with zero attached hydrogens (tertiary/aromatic N) is 2. The fraction of sp³-hybridized carbons (Fsp3) is 0.600. The second kappa shape index (κ2) is 5.45. The van der Waals surface area contributed by atoms with Crippen molar-refractivity contribution in [2.45, 2.75) is 46.6 Å². The molecular formula is C15H23N3S.